The van der Waals surface area contributed by atoms with Crippen LogP contribution in [0, 0.1) is 5.92 Å². The molecule has 0 aliphatic rings. The summed E-state index contributed by atoms with van der Waals surface area (Å²) in [4.78, 5) is 25.4. The van der Waals surface area contributed by atoms with Gasteiger partial charge in [0.25, 0.3) is 5.91 Å². The summed E-state index contributed by atoms with van der Waals surface area (Å²) in [5.41, 5.74) is 0.0633. The van der Waals surface area contributed by atoms with Crippen LogP contribution in [0.3, 0.4) is 0 Å². The molecule has 1 aromatic rings. The van der Waals surface area contributed by atoms with E-state index in [2.05, 4.69) is 24.1 Å². The Bertz CT molecular complexity index is 437. The van der Waals surface area contributed by atoms with Crippen molar-refractivity contribution in [2.24, 2.45) is 5.92 Å². The van der Waals surface area contributed by atoms with Crippen molar-refractivity contribution in [2.45, 2.75) is 46.1 Å². The van der Waals surface area contributed by atoms with E-state index in [9.17, 15) is 9.59 Å². The molecule has 1 amide bonds. The van der Waals surface area contributed by atoms with Gasteiger partial charge in [0.05, 0.1) is 0 Å². The van der Waals surface area contributed by atoms with Crippen molar-refractivity contribution in [3.8, 4) is 0 Å². The molecule has 0 bridgehead atoms. The molecule has 0 saturated carbocycles. The summed E-state index contributed by atoms with van der Waals surface area (Å²) in [5, 5.41) is 2.89. The summed E-state index contributed by atoms with van der Waals surface area (Å²) >= 11 is 0. The predicted octanol–water partition coefficient (Wildman–Crippen LogP) is 2.32. The number of aromatic amines is 1. The fourth-order valence-electron chi connectivity index (χ4n) is 1.79. The van der Waals surface area contributed by atoms with Crippen LogP contribution in [-0.4, -0.2) is 16.9 Å². The molecule has 1 unspecified atom stereocenters. The van der Waals surface area contributed by atoms with Crippen molar-refractivity contribution in [3.05, 3.63) is 34.2 Å². The van der Waals surface area contributed by atoms with E-state index in [1.54, 1.807) is 12.1 Å². The van der Waals surface area contributed by atoms with Crippen molar-refractivity contribution < 1.29 is 4.79 Å². The van der Waals surface area contributed by atoms with Gasteiger partial charge in [-0.3, -0.25) is 9.59 Å². The topological polar surface area (TPSA) is 62.0 Å². The van der Waals surface area contributed by atoms with E-state index in [-0.39, 0.29) is 17.5 Å². The fraction of sp³-hybridized carbons (Fsp3) is 0.571. The van der Waals surface area contributed by atoms with E-state index in [1.165, 1.54) is 12.5 Å². The fourth-order valence-corrected chi connectivity index (χ4v) is 1.79. The molecule has 0 aromatic carbocycles. The van der Waals surface area contributed by atoms with Crippen LogP contribution in [0.4, 0.5) is 0 Å². The number of hydrogen-bond acceptors (Lipinski definition) is 2. The van der Waals surface area contributed by atoms with Crippen LogP contribution in [0.2, 0.25) is 0 Å². The lowest BCUT2D eigenvalue weighted by Gasteiger charge is -2.14. The zero-order chi connectivity index (χ0) is 13.5. The molecule has 4 heteroatoms. The summed E-state index contributed by atoms with van der Waals surface area (Å²) in [6.45, 7) is 6.37. The molecule has 0 saturated heterocycles. The van der Waals surface area contributed by atoms with Crippen molar-refractivity contribution in [2.75, 3.05) is 0 Å². The van der Waals surface area contributed by atoms with Gasteiger partial charge in [-0.05, 0) is 25.3 Å². The van der Waals surface area contributed by atoms with Crippen LogP contribution in [0.1, 0.15) is 50.5 Å². The molecule has 0 radical (unpaired) electrons. The maximum absolute atomic E-state index is 11.8. The van der Waals surface area contributed by atoms with Gasteiger partial charge in [0, 0.05) is 12.1 Å². The first kappa shape index (κ1) is 14.5. The monoisotopic (exact) mass is 250 g/mol. The summed E-state index contributed by atoms with van der Waals surface area (Å²) in [6.07, 6.45) is 3.23. The normalized spacial score (nSPS) is 12.4. The number of hydrogen-bond donors (Lipinski definition) is 2. The lowest BCUT2D eigenvalue weighted by molar-refractivity contribution is 0.0932. The number of amides is 1. The third kappa shape index (κ3) is 5.17. The molecule has 1 heterocycles. The van der Waals surface area contributed by atoms with Gasteiger partial charge in [0.1, 0.15) is 5.69 Å². The van der Waals surface area contributed by atoms with Crippen molar-refractivity contribution in [1.29, 1.82) is 0 Å². The minimum atomic E-state index is -0.255. The first-order valence-electron chi connectivity index (χ1n) is 6.49. The van der Waals surface area contributed by atoms with E-state index >= 15 is 0 Å². The smallest absolute Gasteiger partial charge is 0.268 e. The number of nitrogens with one attached hydrogen (secondary N) is 2. The van der Waals surface area contributed by atoms with Crippen molar-refractivity contribution >= 4 is 5.91 Å². The third-order valence-corrected chi connectivity index (χ3v) is 2.81. The summed E-state index contributed by atoms with van der Waals surface area (Å²) < 4.78 is 0. The highest BCUT2D eigenvalue weighted by Gasteiger charge is 2.10. The molecule has 0 fully saturated rings. The first-order chi connectivity index (χ1) is 8.49. The number of H-pyrrole nitrogens is 1. The van der Waals surface area contributed by atoms with Crippen LogP contribution in [0.25, 0.3) is 0 Å². The van der Waals surface area contributed by atoms with Gasteiger partial charge in [0.15, 0.2) is 0 Å². The summed E-state index contributed by atoms with van der Waals surface area (Å²) in [5.74, 6) is 0.475. The van der Waals surface area contributed by atoms with Crippen LogP contribution in [-0.2, 0) is 0 Å². The predicted molar refractivity (Wildman–Crippen MR) is 72.7 cm³/mol. The molecule has 4 nitrogen and oxygen atoms in total. The molecule has 0 aliphatic heterocycles. The third-order valence-electron chi connectivity index (χ3n) is 2.81. The van der Waals surface area contributed by atoms with Gasteiger partial charge in [-0.2, -0.15) is 0 Å². The van der Waals surface area contributed by atoms with E-state index in [0.717, 1.165) is 12.8 Å². The summed E-state index contributed by atoms with van der Waals surface area (Å²) in [7, 11) is 0. The Kier molecular flexibility index (Phi) is 5.62. The molecule has 1 aromatic heterocycles. The Balaban J connectivity index is 2.42. The Morgan fingerprint density at radius 3 is 2.61 bits per heavy atom. The van der Waals surface area contributed by atoms with E-state index in [0.29, 0.717) is 11.6 Å². The zero-order valence-corrected chi connectivity index (χ0v) is 11.3. The minimum Gasteiger partial charge on any atom is -0.348 e. The highest BCUT2D eigenvalue weighted by atomic mass is 16.2. The molecule has 2 N–H and O–H groups in total. The maximum Gasteiger partial charge on any atom is 0.268 e. The number of carbonyl (C=O) groups is 1. The lowest BCUT2D eigenvalue weighted by Crippen LogP contribution is -2.33. The quantitative estimate of drug-likeness (QED) is 0.814. The van der Waals surface area contributed by atoms with Crippen LogP contribution in [0.15, 0.2) is 23.0 Å². The van der Waals surface area contributed by atoms with Gasteiger partial charge < -0.3 is 10.3 Å². The Hall–Kier alpha value is -1.58. The molecular weight excluding hydrogens is 228 g/mol. The molecule has 100 valence electrons. The van der Waals surface area contributed by atoms with Gasteiger partial charge in [0.2, 0.25) is 5.56 Å². The van der Waals surface area contributed by atoms with Gasteiger partial charge in [-0.25, -0.2) is 0 Å². The number of pyridine rings is 1. The SMILES string of the molecule is CC(C)CCCC(C)NC(=O)c1cccc(=O)[nH]1. The van der Waals surface area contributed by atoms with Crippen LogP contribution in [0.5, 0.6) is 0 Å². The van der Waals surface area contributed by atoms with Gasteiger partial charge in [-0.1, -0.05) is 32.8 Å². The van der Waals surface area contributed by atoms with Gasteiger partial charge in [-0.15, -0.1) is 0 Å². The first-order valence-corrected chi connectivity index (χ1v) is 6.49. The molecule has 0 spiro atoms. The summed E-state index contributed by atoms with van der Waals surface area (Å²) in [6, 6.07) is 4.71. The van der Waals surface area contributed by atoms with E-state index in [4.69, 9.17) is 0 Å². The van der Waals surface area contributed by atoms with Crippen molar-refractivity contribution in [3.63, 3.8) is 0 Å². The van der Waals surface area contributed by atoms with Crippen LogP contribution < -0.4 is 10.9 Å². The average molecular weight is 250 g/mol. The van der Waals surface area contributed by atoms with E-state index in [1.807, 2.05) is 6.92 Å². The Morgan fingerprint density at radius 1 is 1.28 bits per heavy atom. The average Bonchev–Trinajstić information content (AvgIpc) is 2.28. The van der Waals surface area contributed by atoms with E-state index < -0.39 is 0 Å². The number of rotatable bonds is 6. The molecule has 1 rings (SSSR count). The molecule has 18 heavy (non-hydrogen) atoms. The molecule has 0 aliphatic carbocycles. The zero-order valence-electron chi connectivity index (χ0n) is 11.3. The Labute approximate surface area is 108 Å². The van der Waals surface area contributed by atoms with Crippen LogP contribution >= 0.6 is 0 Å². The highest BCUT2D eigenvalue weighted by molar-refractivity contribution is 5.92. The number of aromatic nitrogens is 1. The highest BCUT2D eigenvalue weighted by Crippen LogP contribution is 2.08. The second kappa shape index (κ2) is 6.99. The largest absolute Gasteiger partial charge is 0.348 e. The lowest BCUT2D eigenvalue weighted by atomic mass is 10.0. The maximum atomic E-state index is 11.8. The van der Waals surface area contributed by atoms with Crippen molar-refractivity contribution in [1.82, 2.24) is 10.3 Å². The standard InChI is InChI=1S/C14H22N2O2/c1-10(2)6-4-7-11(3)15-14(18)12-8-5-9-13(17)16-12/h5,8-11H,4,6-7H2,1-3H3,(H,15,18)(H,16,17). The Morgan fingerprint density at radius 2 is 2.00 bits per heavy atom. The van der Waals surface area contributed by atoms with Gasteiger partial charge >= 0.3 is 0 Å². The molecule has 1 atom stereocenters. The second-order valence-corrected chi connectivity index (χ2v) is 5.13. The minimum absolute atomic E-state index is 0.125. The number of carbonyl (C=O) groups excluding carboxylic acids is 1. The second-order valence-electron chi connectivity index (χ2n) is 5.13. The molecular formula is C14H22N2O2.